The van der Waals surface area contributed by atoms with Crippen LogP contribution in [-0.2, 0) is 0 Å². The van der Waals surface area contributed by atoms with E-state index in [4.69, 9.17) is 16.3 Å². The smallest absolute Gasteiger partial charge is 0.126 e. The Labute approximate surface area is 91.9 Å². The number of hydrogen-bond acceptors (Lipinski definition) is 2. The van der Waals surface area contributed by atoms with Crippen molar-refractivity contribution < 1.29 is 4.74 Å². The van der Waals surface area contributed by atoms with Gasteiger partial charge in [0.2, 0.25) is 0 Å². The lowest BCUT2D eigenvalue weighted by Gasteiger charge is -2.06. The minimum atomic E-state index is 0.800. The zero-order chi connectivity index (χ0) is 9.97. The fourth-order valence-electron chi connectivity index (χ4n) is 1.35. The monoisotopic (exact) mass is 224 g/mol. The second kappa shape index (κ2) is 4.03. The Morgan fingerprint density at radius 1 is 1.14 bits per heavy atom. The number of ether oxygens (including phenoxy) is 1. The highest BCUT2D eigenvalue weighted by Gasteiger charge is 2.08. The van der Waals surface area contributed by atoms with Crippen LogP contribution in [0.2, 0.25) is 4.34 Å². The van der Waals surface area contributed by atoms with E-state index in [1.165, 1.54) is 11.3 Å². The summed E-state index contributed by atoms with van der Waals surface area (Å²) in [6.45, 7) is 0. The van der Waals surface area contributed by atoms with Crippen molar-refractivity contribution in [1.82, 2.24) is 0 Å². The van der Waals surface area contributed by atoms with E-state index in [2.05, 4.69) is 0 Å². The number of hydrogen-bond donors (Lipinski definition) is 0. The molecule has 14 heavy (non-hydrogen) atoms. The van der Waals surface area contributed by atoms with Crippen LogP contribution in [0.1, 0.15) is 0 Å². The summed E-state index contributed by atoms with van der Waals surface area (Å²) in [4.78, 5) is 0. The Kier molecular flexibility index (Phi) is 2.75. The molecular formula is C11H9ClOS. The summed E-state index contributed by atoms with van der Waals surface area (Å²) in [5.41, 5.74) is 2.08. The molecule has 1 nitrogen and oxygen atoms in total. The molecule has 0 aliphatic carbocycles. The molecular weight excluding hydrogens is 216 g/mol. The van der Waals surface area contributed by atoms with Gasteiger partial charge in [0.25, 0.3) is 0 Å². The van der Waals surface area contributed by atoms with Crippen molar-refractivity contribution >= 4 is 22.9 Å². The third kappa shape index (κ3) is 1.63. The van der Waals surface area contributed by atoms with Crippen LogP contribution in [0, 0.1) is 0 Å². The lowest BCUT2D eigenvalue weighted by Crippen LogP contribution is -1.85. The molecule has 0 saturated carbocycles. The van der Waals surface area contributed by atoms with E-state index in [1.54, 1.807) is 7.11 Å². The van der Waals surface area contributed by atoms with Gasteiger partial charge in [-0.05, 0) is 17.5 Å². The summed E-state index contributed by atoms with van der Waals surface area (Å²) in [5, 5.41) is 1.98. The third-order valence-corrected chi connectivity index (χ3v) is 3.18. The van der Waals surface area contributed by atoms with E-state index < -0.39 is 0 Å². The summed E-state index contributed by atoms with van der Waals surface area (Å²) in [7, 11) is 1.67. The van der Waals surface area contributed by atoms with Gasteiger partial charge in [-0.2, -0.15) is 0 Å². The lowest BCUT2D eigenvalue weighted by molar-refractivity contribution is 0.416. The molecule has 1 aromatic heterocycles. The SMILES string of the molecule is COc1ccccc1-c1ccsc1Cl. The molecule has 0 aliphatic rings. The predicted molar refractivity (Wildman–Crippen MR) is 61.3 cm³/mol. The number of rotatable bonds is 2. The molecule has 0 saturated heterocycles. The van der Waals surface area contributed by atoms with Gasteiger partial charge in [-0.25, -0.2) is 0 Å². The minimum Gasteiger partial charge on any atom is -0.496 e. The van der Waals surface area contributed by atoms with Crippen LogP contribution in [0.5, 0.6) is 5.75 Å². The molecule has 0 atom stereocenters. The maximum absolute atomic E-state index is 6.07. The van der Waals surface area contributed by atoms with E-state index in [-0.39, 0.29) is 0 Å². The second-order valence-corrected chi connectivity index (χ2v) is 4.33. The number of methoxy groups -OCH3 is 1. The van der Waals surface area contributed by atoms with E-state index in [0.29, 0.717) is 0 Å². The average Bonchev–Trinajstić information content (AvgIpc) is 2.64. The molecule has 0 fully saturated rings. The third-order valence-electron chi connectivity index (χ3n) is 2.02. The van der Waals surface area contributed by atoms with Crippen molar-refractivity contribution in [2.45, 2.75) is 0 Å². The first-order valence-corrected chi connectivity index (χ1v) is 5.45. The predicted octanol–water partition coefficient (Wildman–Crippen LogP) is 4.08. The molecule has 1 aromatic carbocycles. The summed E-state index contributed by atoms with van der Waals surface area (Å²) >= 11 is 7.59. The summed E-state index contributed by atoms with van der Waals surface area (Å²) in [6.07, 6.45) is 0. The first-order valence-electron chi connectivity index (χ1n) is 4.19. The number of para-hydroxylation sites is 1. The molecule has 0 unspecified atom stereocenters. The van der Waals surface area contributed by atoms with E-state index in [0.717, 1.165) is 21.2 Å². The molecule has 0 amide bonds. The molecule has 2 aromatic rings. The fourth-order valence-corrected chi connectivity index (χ4v) is 2.30. The Hall–Kier alpha value is -0.990. The molecule has 0 spiro atoms. The molecule has 0 N–H and O–H groups in total. The highest BCUT2D eigenvalue weighted by molar-refractivity contribution is 7.15. The van der Waals surface area contributed by atoms with Crippen LogP contribution in [0.4, 0.5) is 0 Å². The Morgan fingerprint density at radius 3 is 2.57 bits per heavy atom. The first-order chi connectivity index (χ1) is 6.83. The van der Waals surface area contributed by atoms with Crippen LogP contribution in [0.25, 0.3) is 11.1 Å². The zero-order valence-electron chi connectivity index (χ0n) is 7.66. The van der Waals surface area contributed by atoms with E-state index in [9.17, 15) is 0 Å². The van der Waals surface area contributed by atoms with Crippen LogP contribution in [0.15, 0.2) is 35.7 Å². The Morgan fingerprint density at radius 2 is 1.93 bits per heavy atom. The molecule has 1 heterocycles. The molecule has 72 valence electrons. The highest BCUT2D eigenvalue weighted by atomic mass is 35.5. The Bertz CT molecular complexity index is 436. The van der Waals surface area contributed by atoms with E-state index >= 15 is 0 Å². The van der Waals surface area contributed by atoms with Gasteiger partial charge in [0, 0.05) is 11.1 Å². The molecule has 0 aliphatic heterocycles. The van der Waals surface area contributed by atoms with Crippen molar-refractivity contribution in [2.24, 2.45) is 0 Å². The van der Waals surface area contributed by atoms with Gasteiger partial charge in [-0.3, -0.25) is 0 Å². The topological polar surface area (TPSA) is 9.23 Å². The average molecular weight is 225 g/mol. The van der Waals surface area contributed by atoms with Crippen LogP contribution >= 0.6 is 22.9 Å². The maximum Gasteiger partial charge on any atom is 0.126 e. The quantitative estimate of drug-likeness (QED) is 0.747. The second-order valence-electron chi connectivity index (χ2n) is 2.81. The van der Waals surface area contributed by atoms with Crippen molar-refractivity contribution in [2.75, 3.05) is 7.11 Å². The zero-order valence-corrected chi connectivity index (χ0v) is 9.23. The van der Waals surface area contributed by atoms with Gasteiger partial charge in [-0.15, -0.1) is 11.3 Å². The summed E-state index contributed by atoms with van der Waals surface area (Å²) in [6, 6.07) is 9.87. The molecule has 0 radical (unpaired) electrons. The molecule has 2 rings (SSSR count). The largest absolute Gasteiger partial charge is 0.496 e. The van der Waals surface area contributed by atoms with Crippen LogP contribution in [-0.4, -0.2) is 7.11 Å². The van der Waals surface area contributed by atoms with Gasteiger partial charge in [0.15, 0.2) is 0 Å². The summed E-state index contributed by atoms with van der Waals surface area (Å²) in [5.74, 6) is 0.854. The number of thiophene rings is 1. The van der Waals surface area contributed by atoms with Crippen LogP contribution < -0.4 is 4.74 Å². The van der Waals surface area contributed by atoms with Gasteiger partial charge in [0.05, 0.1) is 7.11 Å². The van der Waals surface area contributed by atoms with Crippen molar-refractivity contribution in [3.63, 3.8) is 0 Å². The minimum absolute atomic E-state index is 0.800. The van der Waals surface area contributed by atoms with Crippen molar-refractivity contribution in [3.8, 4) is 16.9 Å². The summed E-state index contributed by atoms with van der Waals surface area (Å²) < 4.78 is 6.07. The Balaban J connectivity index is 2.56. The highest BCUT2D eigenvalue weighted by Crippen LogP contribution is 2.37. The van der Waals surface area contributed by atoms with Gasteiger partial charge < -0.3 is 4.74 Å². The maximum atomic E-state index is 6.07. The molecule has 0 bridgehead atoms. The van der Waals surface area contributed by atoms with Crippen LogP contribution in [0.3, 0.4) is 0 Å². The lowest BCUT2D eigenvalue weighted by atomic mass is 10.1. The van der Waals surface area contributed by atoms with Crippen molar-refractivity contribution in [3.05, 3.63) is 40.0 Å². The van der Waals surface area contributed by atoms with Gasteiger partial charge in [0.1, 0.15) is 10.1 Å². The molecule has 3 heteroatoms. The number of halogens is 1. The van der Waals surface area contributed by atoms with Gasteiger partial charge >= 0.3 is 0 Å². The van der Waals surface area contributed by atoms with E-state index in [1.807, 2.05) is 35.7 Å². The fraction of sp³-hybridized carbons (Fsp3) is 0.0909. The standard InChI is InChI=1S/C11H9ClOS/c1-13-10-5-3-2-4-8(10)9-6-7-14-11(9)12/h2-7H,1H3. The van der Waals surface area contributed by atoms with Crippen molar-refractivity contribution in [1.29, 1.82) is 0 Å². The number of benzene rings is 1. The first kappa shape index (κ1) is 9.56. The normalized spacial score (nSPS) is 10.1. The van der Waals surface area contributed by atoms with Gasteiger partial charge in [-0.1, -0.05) is 29.8 Å².